The van der Waals surface area contributed by atoms with Gasteiger partial charge in [-0.25, -0.2) is 0 Å². The number of amides is 2. The number of nitrogens with one attached hydrogen (secondary N) is 1. The fourth-order valence-electron chi connectivity index (χ4n) is 1.63. The van der Waals surface area contributed by atoms with Crippen molar-refractivity contribution in [2.75, 3.05) is 0 Å². The quantitative estimate of drug-likeness (QED) is 0.614. The second kappa shape index (κ2) is 4.11. The third-order valence-electron chi connectivity index (χ3n) is 2.58. The topological polar surface area (TPSA) is 46.2 Å². The Hall–Kier alpha value is -1.42. The van der Waals surface area contributed by atoms with Gasteiger partial charge in [0.2, 0.25) is 5.91 Å². The number of carbonyl (C=O) groups excluding carboxylic acids is 2. The van der Waals surface area contributed by atoms with E-state index < -0.39 is 0 Å². The van der Waals surface area contributed by atoms with Gasteiger partial charge in [0.25, 0.3) is 5.91 Å². The van der Waals surface area contributed by atoms with Crippen molar-refractivity contribution in [1.29, 1.82) is 0 Å². The van der Waals surface area contributed by atoms with E-state index in [0.29, 0.717) is 5.57 Å². The van der Waals surface area contributed by atoms with Crippen LogP contribution in [0.5, 0.6) is 0 Å². The molecule has 2 amide bonds. The van der Waals surface area contributed by atoms with Gasteiger partial charge in [-0.15, -0.1) is 11.3 Å². The summed E-state index contributed by atoms with van der Waals surface area (Å²) in [5.41, 5.74) is 0.673. The molecule has 1 aromatic heterocycles. The van der Waals surface area contributed by atoms with Crippen molar-refractivity contribution in [2.24, 2.45) is 0 Å². The lowest BCUT2D eigenvalue weighted by Gasteiger charge is -2.15. The molecule has 0 radical (unpaired) electrons. The monoisotopic (exact) mass is 249 g/mol. The minimum Gasteiger partial charge on any atom is -0.292 e. The van der Waals surface area contributed by atoms with Crippen molar-refractivity contribution in [2.45, 2.75) is 32.6 Å². The SMILES string of the molecule is CC(C)(C)c1ccc(/C=C2/CC(=O)NC2=O)s1. The van der Waals surface area contributed by atoms with Crippen LogP contribution in [0.1, 0.15) is 36.9 Å². The van der Waals surface area contributed by atoms with Crippen molar-refractivity contribution in [3.8, 4) is 0 Å². The van der Waals surface area contributed by atoms with E-state index in [1.54, 1.807) is 17.4 Å². The van der Waals surface area contributed by atoms with Gasteiger partial charge in [0.05, 0.1) is 6.42 Å². The minimum atomic E-state index is -0.263. The van der Waals surface area contributed by atoms with Crippen LogP contribution in [-0.4, -0.2) is 11.8 Å². The molecule has 1 aliphatic rings. The van der Waals surface area contributed by atoms with Gasteiger partial charge in [-0.1, -0.05) is 20.8 Å². The maximum atomic E-state index is 11.4. The molecule has 0 saturated carbocycles. The van der Waals surface area contributed by atoms with Crippen LogP contribution in [0.15, 0.2) is 17.7 Å². The zero-order valence-electron chi connectivity index (χ0n) is 10.2. The number of rotatable bonds is 1. The molecule has 0 unspecified atom stereocenters. The van der Waals surface area contributed by atoms with Crippen LogP contribution in [-0.2, 0) is 15.0 Å². The van der Waals surface area contributed by atoms with E-state index in [-0.39, 0.29) is 23.7 Å². The van der Waals surface area contributed by atoms with Gasteiger partial charge >= 0.3 is 0 Å². The number of hydrogen-bond donors (Lipinski definition) is 1. The molecule has 1 N–H and O–H groups in total. The molecule has 17 heavy (non-hydrogen) atoms. The van der Waals surface area contributed by atoms with E-state index in [0.717, 1.165) is 4.88 Å². The highest BCUT2D eigenvalue weighted by Gasteiger charge is 2.24. The van der Waals surface area contributed by atoms with Gasteiger partial charge in [-0.2, -0.15) is 0 Å². The number of carbonyl (C=O) groups is 2. The molecular formula is C13H15NO2S. The molecule has 2 rings (SSSR count). The van der Waals surface area contributed by atoms with Crippen molar-refractivity contribution in [3.63, 3.8) is 0 Å². The Morgan fingerprint density at radius 2 is 2.00 bits per heavy atom. The van der Waals surface area contributed by atoms with Crippen molar-refractivity contribution >= 4 is 29.2 Å². The van der Waals surface area contributed by atoms with Crippen LogP contribution in [0, 0.1) is 0 Å². The normalized spacial score (nSPS) is 18.9. The van der Waals surface area contributed by atoms with Crippen molar-refractivity contribution in [1.82, 2.24) is 5.32 Å². The minimum absolute atomic E-state index is 0.120. The van der Waals surface area contributed by atoms with E-state index in [9.17, 15) is 9.59 Å². The highest BCUT2D eigenvalue weighted by Crippen LogP contribution is 2.31. The fraction of sp³-hybridized carbons (Fsp3) is 0.385. The predicted molar refractivity (Wildman–Crippen MR) is 68.8 cm³/mol. The van der Waals surface area contributed by atoms with Crippen LogP contribution < -0.4 is 5.32 Å². The molecule has 0 bridgehead atoms. The molecule has 0 aromatic carbocycles. The summed E-state index contributed by atoms with van der Waals surface area (Å²) in [6.07, 6.45) is 2.00. The predicted octanol–water partition coefficient (Wildman–Crippen LogP) is 2.48. The summed E-state index contributed by atoms with van der Waals surface area (Å²) in [6, 6.07) is 4.07. The Morgan fingerprint density at radius 3 is 2.47 bits per heavy atom. The first-order chi connectivity index (χ1) is 7.86. The molecule has 1 fully saturated rings. The molecule has 1 aromatic rings. The van der Waals surface area contributed by atoms with E-state index in [1.807, 2.05) is 6.07 Å². The highest BCUT2D eigenvalue weighted by atomic mass is 32.1. The van der Waals surface area contributed by atoms with Gasteiger partial charge in [0.1, 0.15) is 0 Å². The van der Waals surface area contributed by atoms with Gasteiger partial charge in [0.15, 0.2) is 0 Å². The molecule has 1 aliphatic heterocycles. The fourth-order valence-corrected chi connectivity index (χ4v) is 2.66. The molecule has 0 atom stereocenters. The molecule has 2 heterocycles. The lowest BCUT2D eigenvalue weighted by Crippen LogP contribution is -2.19. The first kappa shape index (κ1) is 12.0. The van der Waals surface area contributed by atoms with Crippen LogP contribution in [0.4, 0.5) is 0 Å². The Morgan fingerprint density at radius 1 is 1.29 bits per heavy atom. The van der Waals surface area contributed by atoms with Crippen molar-refractivity contribution < 1.29 is 9.59 Å². The molecule has 0 aliphatic carbocycles. The summed E-state index contributed by atoms with van der Waals surface area (Å²) < 4.78 is 0. The summed E-state index contributed by atoms with van der Waals surface area (Å²) in [4.78, 5) is 24.7. The van der Waals surface area contributed by atoms with Crippen LogP contribution in [0.2, 0.25) is 0 Å². The molecule has 0 spiro atoms. The van der Waals surface area contributed by atoms with Gasteiger partial charge < -0.3 is 0 Å². The molecule has 3 nitrogen and oxygen atoms in total. The summed E-state index contributed by atoms with van der Waals surface area (Å²) in [5, 5.41) is 2.28. The average molecular weight is 249 g/mol. The zero-order valence-corrected chi connectivity index (χ0v) is 11.0. The molecule has 1 saturated heterocycles. The Bertz CT molecular complexity index is 506. The second-order valence-corrected chi connectivity index (χ2v) is 6.29. The smallest absolute Gasteiger partial charge is 0.254 e. The summed E-state index contributed by atoms with van der Waals surface area (Å²) in [5.74, 6) is -0.477. The summed E-state index contributed by atoms with van der Waals surface area (Å²) >= 11 is 1.66. The third-order valence-corrected chi connectivity index (χ3v) is 4.04. The van der Waals surface area contributed by atoms with Crippen molar-refractivity contribution in [3.05, 3.63) is 27.5 Å². The highest BCUT2D eigenvalue weighted by molar-refractivity contribution is 7.13. The average Bonchev–Trinajstić information content (AvgIpc) is 2.74. The van der Waals surface area contributed by atoms with Crippen LogP contribution in [0.3, 0.4) is 0 Å². The molecule has 4 heteroatoms. The van der Waals surface area contributed by atoms with E-state index >= 15 is 0 Å². The summed E-state index contributed by atoms with van der Waals surface area (Å²) in [7, 11) is 0. The number of thiophene rings is 1. The van der Waals surface area contributed by atoms with Gasteiger partial charge in [-0.3, -0.25) is 14.9 Å². The first-order valence-corrected chi connectivity index (χ1v) is 6.33. The largest absolute Gasteiger partial charge is 0.292 e. The third kappa shape index (κ3) is 2.64. The van der Waals surface area contributed by atoms with Gasteiger partial charge in [0, 0.05) is 15.3 Å². The second-order valence-electron chi connectivity index (χ2n) is 5.18. The number of hydrogen-bond acceptors (Lipinski definition) is 3. The van der Waals surface area contributed by atoms with Gasteiger partial charge in [-0.05, 0) is 23.6 Å². The molecule has 90 valence electrons. The zero-order chi connectivity index (χ0) is 12.6. The Labute approximate surface area is 105 Å². The summed E-state index contributed by atoms with van der Waals surface area (Å²) in [6.45, 7) is 6.46. The van der Waals surface area contributed by atoms with Crippen LogP contribution in [0.25, 0.3) is 6.08 Å². The van der Waals surface area contributed by atoms with E-state index in [4.69, 9.17) is 0 Å². The first-order valence-electron chi connectivity index (χ1n) is 5.51. The van der Waals surface area contributed by atoms with E-state index in [1.165, 1.54) is 4.88 Å². The number of imide groups is 1. The standard InChI is InChI=1S/C13H15NO2S/c1-13(2,3)10-5-4-9(17-10)6-8-7-11(15)14-12(8)16/h4-6H,7H2,1-3H3,(H,14,15,16)/b8-6-. The Balaban J connectivity index is 2.25. The lowest BCUT2D eigenvalue weighted by molar-refractivity contribution is -0.124. The molecular weight excluding hydrogens is 234 g/mol. The van der Waals surface area contributed by atoms with Crippen LogP contribution >= 0.6 is 11.3 Å². The van der Waals surface area contributed by atoms with E-state index in [2.05, 4.69) is 32.2 Å². The maximum Gasteiger partial charge on any atom is 0.254 e. The lowest BCUT2D eigenvalue weighted by atomic mass is 9.95. The Kier molecular flexibility index (Phi) is 2.91. The maximum absolute atomic E-state index is 11.4.